The Hall–Kier alpha value is -0.890. The Morgan fingerprint density at radius 3 is 2.71 bits per heavy atom. The lowest BCUT2D eigenvalue weighted by atomic mass is 9.80. The quantitative estimate of drug-likeness (QED) is 0.654. The average molecular weight is 234 g/mol. The van der Waals surface area contributed by atoms with Crippen molar-refractivity contribution in [3.05, 3.63) is 22.8 Å². The molecule has 0 spiro atoms. The molecule has 3 atom stereocenters. The highest BCUT2D eigenvalue weighted by molar-refractivity contribution is 6.05. The maximum Gasteiger partial charge on any atom is 0.181 e. The Morgan fingerprint density at radius 2 is 2.12 bits per heavy atom. The monoisotopic (exact) mass is 234 g/mol. The fourth-order valence-corrected chi connectivity index (χ4v) is 3.35. The lowest BCUT2D eigenvalue weighted by molar-refractivity contribution is -0.111. The van der Waals surface area contributed by atoms with E-state index in [-0.39, 0.29) is 11.7 Å². The summed E-state index contributed by atoms with van der Waals surface area (Å²) in [6, 6.07) is 0. The third-order valence-corrected chi connectivity index (χ3v) is 4.51. The van der Waals surface area contributed by atoms with Gasteiger partial charge in [0.1, 0.15) is 0 Å². The average Bonchev–Trinajstić information content (AvgIpc) is 2.41. The van der Waals surface area contributed by atoms with Gasteiger partial charge in [0.15, 0.2) is 5.78 Å². The number of carbonyl (C=O) groups excluding carboxylic acids is 1. The molecular weight excluding hydrogens is 212 g/mol. The van der Waals surface area contributed by atoms with Gasteiger partial charge in [-0.3, -0.25) is 4.79 Å². The summed E-state index contributed by atoms with van der Waals surface area (Å²) >= 11 is 0. The summed E-state index contributed by atoms with van der Waals surface area (Å²) in [5.41, 5.74) is 2.51. The summed E-state index contributed by atoms with van der Waals surface area (Å²) in [6.07, 6.45) is 4.36. The van der Waals surface area contributed by atoms with Gasteiger partial charge >= 0.3 is 0 Å². The number of hydrogen-bond acceptors (Lipinski definition) is 2. The normalized spacial score (nSPS) is 37.6. The first-order valence-electron chi connectivity index (χ1n) is 6.44. The lowest BCUT2D eigenvalue weighted by Crippen LogP contribution is -2.32. The van der Waals surface area contributed by atoms with E-state index in [1.165, 1.54) is 0 Å². The zero-order chi connectivity index (χ0) is 12.8. The highest BCUT2D eigenvalue weighted by Gasteiger charge is 2.46. The van der Waals surface area contributed by atoms with E-state index in [0.717, 1.165) is 36.0 Å². The van der Waals surface area contributed by atoms with Gasteiger partial charge in [0, 0.05) is 0 Å². The minimum atomic E-state index is -0.620. The third kappa shape index (κ3) is 2.11. The van der Waals surface area contributed by atoms with Crippen LogP contribution in [0, 0.1) is 11.8 Å². The van der Waals surface area contributed by atoms with E-state index in [0.29, 0.717) is 5.92 Å². The van der Waals surface area contributed by atoms with Crippen LogP contribution >= 0.6 is 0 Å². The molecule has 0 aliphatic heterocycles. The van der Waals surface area contributed by atoms with Crippen molar-refractivity contribution in [1.29, 1.82) is 0 Å². The first-order valence-corrected chi connectivity index (χ1v) is 6.44. The molecule has 1 saturated carbocycles. The number of allylic oxidation sites excluding steroid dienone is 4. The van der Waals surface area contributed by atoms with Crippen LogP contribution in [0.15, 0.2) is 22.8 Å². The van der Waals surface area contributed by atoms with E-state index in [1.54, 1.807) is 6.08 Å². The van der Waals surface area contributed by atoms with Crippen molar-refractivity contribution < 1.29 is 9.90 Å². The van der Waals surface area contributed by atoms with Gasteiger partial charge in [-0.2, -0.15) is 0 Å². The smallest absolute Gasteiger partial charge is 0.181 e. The summed E-state index contributed by atoms with van der Waals surface area (Å²) in [5, 5.41) is 10.5. The van der Waals surface area contributed by atoms with E-state index in [2.05, 4.69) is 0 Å². The third-order valence-electron chi connectivity index (χ3n) is 4.51. The van der Waals surface area contributed by atoms with Crippen LogP contribution in [-0.4, -0.2) is 16.5 Å². The van der Waals surface area contributed by atoms with Gasteiger partial charge in [-0.25, -0.2) is 0 Å². The number of rotatable bonds is 0. The SMILES string of the molecule is CC1=CC(=O)C(=C(C)C)C[C@H]2[C@H]1CC[C@@]2(C)O. The maximum atomic E-state index is 12.1. The van der Waals surface area contributed by atoms with Crippen molar-refractivity contribution in [3.8, 4) is 0 Å². The minimum absolute atomic E-state index is 0.146. The van der Waals surface area contributed by atoms with E-state index in [1.807, 2.05) is 27.7 Å². The number of carbonyl (C=O) groups is 1. The van der Waals surface area contributed by atoms with Crippen LogP contribution in [0.2, 0.25) is 0 Å². The molecule has 0 unspecified atom stereocenters. The molecule has 2 rings (SSSR count). The molecule has 2 aliphatic carbocycles. The molecule has 0 amide bonds. The molecule has 0 aromatic heterocycles. The predicted molar refractivity (Wildman–Crippen MR) is 68.6 cm³/mol. The van der Waals surface area contributed by atoms with Gasteiger partial charge < -0.3 is 5.11 Å². The molecule has 2 heteroatoms. The van der Waals surface area contributed by atoms with Gasteiger partial charge in [0.2, 0.25) is 0 Å². The van der Waals surface area contributed by atoms with E-state index in [4.69, 9.17) is 0 Å². The number of hydrogen-bond donors (Lipinski definition) is 1. The number of fused-ring (bicyclic) bond motifs is 1. The Morgan fingerprint density at radius 1 is 1.47 bits per heavy atom. The Kier molecular flexibility index (Phi) is 3.03. The Balaban J connectivity index is 2.45. The van der Waals surface area contributed by atoms with Gasteiger partial charge in [-0.1, -0.05) is 11.1 Å². The molecule has 17 heavy (non-hydrogen) atoms. The van der Waals surface area contributed by atoms with Gasteiger partial charge in [0.25, 0.3) is 0 Å². The van der Waals surface area contributed by atoms with Gasteiger partial charge in [-0.15, -0.1) is 0 Å². The zero-order valence-corrected chi connectivity index (χ0v) is 11.2. The Bertz CT molecular complexity index is 409. The first-order chi connectivity index (χ1) is 7.83. The molecule has 0 bridgehead atoms. The van der Waals surface area contributed by atoms with Crippen molar-refractivity contribution in [2.45, 2.75) is 52.6 Å². The van der Waals surface area contributed by atoms with Crippen molar-refractivity contribution in [2.24, 2.45) is 11.8 Å². The molecule has 0 saturated heterocycles. The second kappa shape index (κ2) is 4.09. The summed E-state index contributed by atoms with van der Waals surface area (Å²) in [6.45, 7) is 7.93. The van der Waals surface area contributed by atoms with Crippen LogP contribution in [0.1, 0.15) is 47.0 Å². The van der Waals surface area contributed by atoms with Crippen molar-refractivity contribution in [1.82, 2.24) is 0 Å². The summed E-state index contributed by atoms with van der Waals surface area (Å²) in [4.78, 5) is 12.1. The topological polar surface area (TPSA) is 37.3 Å². The first kappa shape index (κ1) is 12.6. The standard InChI is InChI=1S/C15H22O2/c1-9(2)12-8-13-11(5-6-15(13,4)17)10(3)7-14(12)16/h7,11,13,17H,5-6,8H2,1-4H3/t11-,13-,15+/m0/s1. The molecule has 2 nitrogen and oxygen atoms in total. The number of ketones is 1. The van der Waals surface area contributed by atoms with Gasteiger partial charge in [-0.05, 0) is 70.4 Å². The largest absolute Gasteiger partial charge is 0.390 e. The highest BCUT2D eigenvalue weighted by atomic mass is 16.3. The van der Waals surface area contributed by atoms with Crippen LogP contribution in [0.4, 0.5) is 0 Å². The van der Waals surface area contributed by atoms with Crippen molar-refractivity contribution >= 4 is 5.78 Å². The lowest BCUT2D eigenvalue weighted by Gasteiger charge is -2.29. The fourth-order valence-electron chi connectivity index (χ4n) is 3.35. The minimum Gasteiger partial charge on any atom is -0.390 e. The second-order valence-corrected chi connectivity index (χ2v) is 6.04. The highest BCUT2D eigenvalue weighted by Crippen LogP contribution is 2.48. The molecule has 0 heterocycles. The molecule has 94 valence electrons. The zero-order valence-electron chi connectivity index (χ0n) is 11.2. The van der Waals surface area contributed by atoms with Crippen molar-refractivity contribution in [3.63, 3.8) is 0 Å². The molecule has 0 radical (unpaired) electrons. The second-order valence-electron chi connectivity index (χ2n) is 6.04. The van der Waals surface area contributed by atoms with Gasteiger partial charge in [0.05, 0.1) is 5.60 Å². The molecule has 1 fully saturated rings. The number of aliphatic hydroxyl groups is 1. The molecule has 2 aliphatic rings. The summed E-state index contributed by atoms with van der Waals surface area (Å²) in [5.74, 6) is 0.730. The molecule has 1 N–H and O–H groups in total. The summed E-state index contributed by atoms with van der Waals surface area (Å²) < 4.78 is 0. The molecule has 0 aromatic rings. The van der Waals surface area contributed by atoms with Crippen molar-refractivity contribution in [2.75, 3.05) is 0 Å². The van der Waals surface area contributed by atoms with Crippen LogP contribution < -0.4 is 0 Å². The van der Waals surface area contributed by atoms with Crippen LogP contribution in [0.3, 0.4) is 0 Å². The molecule has 0 aromatic carbocycles. The van der Waals surface area contributed by atoms with Crippen LogP contribution in [0.5, 0.6) is 0 Å². The van der Waals surface area contributed by atoms with E-state index in [9.17, 15) is 9.90 Å². The van der Waals surface area contributed by atoms with Crippen LogP contribution in [-0.2, 0) is 4.79 Å². The fraction of sp³-hybridized carbons (Fsp3) is 0.667. The maximum absolute atomic E-state index is 12.1. The summed E-state index contributed by atoms with van der Waals surface area (Å²) in [7, 11) is 0. The Labute approximate surface area is 103 Å². The van der Waals surface area contributed by atoms with Crippen LogP contribution in [0.25, 0.3) is 0 Å². The molecular formula is C15H22O2. The van der Waals surface area contributed by atoms with E-state index < -0.39 is 5.60 Å². The van der Waals surface area contributed by atoms with E-state index >= 15 is 0 Å². The predicted octanol–water partition coefficient (Wildman–Crippen LogP) is 3.02.